The van der Waals surface area contributed by atoms with Gasteiger partial charge in [0.1, 0.15) is 7.05 Å². The van der Waals surface area contributed by atoms with Crippen molar-refractivity contribution >= 4 is 10.1 Å². The molecule has 0 atom stereocenters. The van der Waals surface area contributed by atoms with E-state index >= 15 is 0 Å². The van der Waals surface area contributed by atoms with Gasteiger partial charge in [-0.05, 0) is 12.1 Å². The summed E-state index contributed by atoms with van der Waals surface area (Å²) in [6.07, 6.45) is 3.57. The van der Waals surface area contributed by atoms with E-state index in [0.29, 0.717) is 0 Å². The number of alkyl halides is 3. The highest BCUT2D eigenvalue weighted by Gasteiger charge is 2.36. The number of aryl methyl sites for hydroxylation is 1. The van der Waals surface area contributed by atoms with Gasteiger partial charge in [-0.25, -0.2) is 8.42 Å². The maximum absolute atomic E-state index is 10.7. The number of nitrogens with zero attached hydrogens (tertiary/aromatic N) is 1. The molecule has 0 aliphatic carbocycles. The van der Waals surface area contributed by atoms with Crippen molar-refractivity contribution < 1.29 is 35.1 Å². The molecule has 5 nitrogen and oxygen atoms in total. The predicted molar refractivity (Wildman–Crippen MR) is 61.1 cm³/mol. The van der Waals surface area contributed by atoms with Gasteiger partial charge in [0.15, 0.2) is 16.4 Å². The molecule has 2 rings (SSSR count). The van der Waals surface area contributed by atoms with Crippen molar-refractivity contribution in [2.24, 2.45) is 7.05 Å². The molecule has 0 bridgehead atoms. The summed E-state index contributed by atoms with van der Waals surface area (Å²) in [7, 11) is -4.13. The van der Waals surface area contributed by atoms with Crippen molar-refractivity contribution in [3.8, 4) is 11.5 Å². The number of oxazole rings is 1. The van der Waals surface area contributed by atoms with E-state index in [9.17, 15) is 13.2 Å². The minimum absolute atomic E-state index is 0.885. The molecule has 0 aliphatic rings. The Balaban J connectivity index is 0.000000221. The Morgan fingerprint density at radius 3 is 2.05 bits per heavy atom. The van der Waals surface area contributed by atoms with E-state index in [-0.39, 0.29) is 0 Å². The monoisotopic (exact) mass is 309 g/mol. The van der Waals surface area contributed by atoms with Gasteiger partial charge < -0.3 is 8.97 Å². The summed E-state index contributed by atoms with van der Waals surface area (Å²) in [5.41, 5.74) is -4.54. The van der Waals surface area contributed by atoms with E-state index in [4.69, 9.17) is 17.4 Å². The highest BCUT2D eigenvalue weighted by atomic mass is 32.2. The molecule has 0 fully saturated rings. The summed E-state index contributed by atoms with van der Waals surface area (Å²) in [5, 5.41) is 0. The van der Waals surface area contributed by atoms with Gasteiger partial charge in [0.25, 0.3) is 0 Å². The van der Waals surface area contributed by atoms with E-state index in [2.05, 4.69) is 0 Å². The van der Waals surface area contributed by atoms with Gasteiger partial charge in [-0.15, -0.1) is 0 Å². The third kappa shape index (κ3) is 4.35. The van der Waals surface area contributed by atoms with Crippen LogP contribution in [0.2, 0.25) is 0 Å². The summed E-state index contributed by atoms with van der Waals surface area (Å²) < 4.78 is 66.2. The van der Waals surface area contributed by atoms with Crippen molar-refractivity contribution in [3.63, 3.8) is 0 Å². The maximum atomic E-state index is 10.7. The van der Waals surface area contributed by atoms with E-state index < -0.39 is 15.6 Å². The van der Waals surface area contributed by atoms with Gasteiger partial charge in [-0.3, -0.25) is 0 Å². The van der Waals surface area contributed by atoms with Crippen LogP contribution in [0.5, 0.6) is 0 Å². The van der Waals surface area contributed by atoms with E-state index in [1.165, 1.54) is 0 Å². The highest BCUT2D eigenvalue weighted by molar-refractivity contribution is 7.86. The smallest absolute Gasteiger partial charge is 0.485 e. The molecule has 20 heavy (non-hydrogen) atoms. The topological polar surface area (TPSA) is 74.2 Å². The minimum Gasteiger partial charge on any atom is -0.741 e. The Bertz CT molecular complexity index is 650. The first-order chi connectivity index (χ1) is 9.13. The van der Waals surface area contributed by atoms with Crippen molar-refractivity contribution in [1.29, 1.82) is 0 Å². The fourth-order valence-corrected chi connectivity index (χ4v) is 1.19. The lowest BCUT2D eigenvalue weighted by molar-refractivity contribution is -0.662. The molecule has 0 amide bonds. The Morgan fingerprint density at radius 1 is 1.20 bits per heavy atom. The lowest BCUT2D eigenvalue weighted by Crippen LogP contribution is -2.26. The van der Waals surface area contributed by atoms with Crippen molar-refractivity contribution in [3.05, 3.63) is 42.8 Å². The molecule has 0 saturated heterocycles. The fourth-order valence-electron chi connectivity index (χ4n) is 1.19. The van der Waals surface area contributed by atoms with Crippen LogP contribution in [0.4, 0.5) is 13.2 Å². The first-order valence-corrected chi connectivity index (χ1v) is 6.54. The highest BCUT2D eigenvalue weighted by Crippen LogP contribution is 2.20. The molecule has 110 valence electrons. The molecule has 2 aromatic rings. The molecular weight excluding hydrogens is 299 g/mol. The van der Waals surface area contributed by atoms with Gasteiger partial charge in [0.05, 0.1) is 5.56 Å². The van der Waals surface area contributed by atoms with E-state index in [0.717, 1.165) is 11.5 Å². The molecule has 0 spiro atoms. The lowest BCUT2D eigenvalue weighted by Gasteiger charge is -2.08. The zero-order valence-electron chi connectivity index (χ0n) is 10.2. The maximum Gasteiger partial charge on any atom is 0.485 e. The molecular formula is C11H10F3NO4S. The number of rotatable bonds is 1. The Kier molecular flexibility index (Phi) is 4.90. The largest absolute Gasteiger partial charge is 0.741 e. The lowest BCUT2D eigenvalue weighted by atomic mass is 10.2. The zero-order valence-corrected chi connectivity index (χ0v) is 11.0. The van der Waals surface area contributed by atoms with Crippen molar-refractivity contribution in [1.82, 2.24) is 0 Å². The van der Waals surface area contributed by atoms with Crippen molar-refractivity contribution in [2.45, 2.75) is 5.51 Å². The second kappa shape index (κ2) is 6.06. The van der Waals surface area contributed by atoms with Crippen molar-refractivity contribution in [2.75, 3.05) is 0 Å². The van der Waals surface area contributed by atoms with Crippen LogP contribution in [0.3, 0.4) is 0 Å². The van der Waals surface area contributed by atoms with Gasteiger partial charge in [0.2, 0.25) is 6.20 Å². The number of benzene rings is 1. The summed E-state index contributed by atoms with van der Waals surface area (Å²) >= 11 is 0. The number of hydrogen-bond acceptors (Lipinski definition) is 4. The van der Waals surface area contributed by atoms with Crippen LogP contribution in [-0.2, 0) is 17.2 Å². The molecule has 1 aromatic carbocycles. The molecule has 0 unspecified atom stereocenters. The van der Waals surface area contributed by atoms with Crippen LogP contribution in [0.15, 0.2) is 47.2 Å². The fraction of sp³-hybridized carbons (Fsp3) is 0.182. The molecule has 0 saturated carbocycles. The third-order valence-electron chi connectivity index (χ3n) is 2.09. The normalized spacial score (nSPS) is 11.7. The Hall–Kier alpha value is -1.87. The van der Waals surface area contributed by atoms with Crippen LogP contribution < -0.4 is 4.57 Å². The Morgan fingerprint density at radius 2 is 1.70 bits per heavy atom. The quantitative estimate of drug-likeness (QED) is 0.457. The van der Waals surface area contributed by atoms with Crippen LogP contribution in [-0.4, -0.2) is 18.5 Å². The van der Waals surface area contributed by atoms with Crippen LogP contribution >= 0.6 is 0 Å². The summed E-state index contributed by atoms with van der Waals surface area (Å²) in [6, 6.07) is 10.0. The molecule has 1 aromatic heterocycles. The van der Waals surface area contributed by atoms with Crippen LogP contribution in [0, 0.1) is 0 Å². The van der Waals surface area contributed by atoms with Crippen LogP contribution in [0.1, 0.15) is 0 Å². The standard InChI is InChI=1S/C10H10NO.CHF3O3S/c1-11-7-8-12-10(11)9-5-3-2-4-6-9;2-1(3,4)8(5,6)7/h2-8H,1H3;(H,5,6,7)/q+1;/p-1. The first-order valence-electron chi connectivity index (χ1n) is 5.13. The average molecular weight is 309 g/mol. The molecule has 0 N–H and O–H groups in total. The molecule has 9 heteroatoms. The predicted octanol–water partition coefficient (Wildman–Crippen LogP) is 1.82. The third-order valence-corrected chi connectivity index (χ3v) is 2.66. The first kappa shape index (κ1) is 16.2. The minimum atomic E-state index is -6.09. The second-order valence-corrected chi connectivity index (χ2v) is 4.96. The molecule has 1 heterocycles. The van der Waals surface area contributed by atoms with Crippen LogP contribution in [0.25, 0.3) is 11.5 Å². The van der Waals surface area contributed by atoms with E-state index in [1.807, 2.05) is 48.1 Å². The summed E-state index contributed by atoms with van der Waals surface area (Å²) in [6.45, 7) is 0. The molecule has 0 aliphatic heterocycles. The molecule has 0 radical (unpaired) electrons. The number of halogens is 3. The van der Waals surface area contributed by atoms with Gasteiger partial charge in [-0.2, -0.15) is 17.7 Å². The zero-order chi connectivity index (χ0) is 15.4. The van der Waals surface area contributed by atoms with Gasteiger partial charge in [-0.1, -0.05) is 18.2 Å². The SMILES string of the molecule is C[n+]1ccoc1-c1ccccc1.O=S(=O)([O-])C(F)(F)F. The summed E-state index contributed by atoms with van der Waals surface area (Å²) in [4.78, 5) is 0. The van der Waals surface area contributed by atoms with Gasteiger partial charge >= 0.3 is 11.4 Å². The van der Waals surface area contributed by atoms with E-state index in [1.54, 1.807) is 6.26 Å². The van der Waals surface area contributed by atoms with Gasteiger partial charge in [0, 0.05) is 0 Å². The number of aromatic nitrogens is 1. The summed E-state index contributed by atoms with van der Waals surface area (Å²) in [5.74, 6) is 0.885. The number of hydrogen-bond donors (Lipinski definition) is 0. The average Bonchev–Trinajstić information content (AvgIpc) is 2.75. The Labute approximate surface area is 113 Å². The second-order valence-electron chi connectivity index (χ2n) is 3.58.